The van der Waals surface area contributed by atoms with Gasteiger partial charge in [-0.05, 0) is 39.2 Å². The molecule has 1 atom stereocenters. The lowest BCUT2D eigenvalue weighted by Gasteiger charge is -2.19. The molecule has 1 unspecified atom stereocenters. The molecule has 1 N–H and O–H groups in total. The van der Waals surface area contributed by atoms with Crippen LogP contribution in [0.25, 0.3) is 0 Å². The summed E-state index contributed by atoms with van der Waals surface area (Å²) in [6.45, 7) is 3.07. The molecule has 4 heteroatoms. The summed E-state index contributed by atoms with van der Waals surface area (Å²) >= 11 is 3.39. The molecular formula is C12H16BrN3. The quantitative estimate of drug-likeness (QED) is 0.922. The van der Waals surface area contributed by atoms with Gasteiger partial charge < -0.3 is 10.2 Å². The fourth-order valence-electron chi connectivity index (χ4n) is 1.62. The number of nitrogens with zero attached hydrogens (tertiary/aromatic N) is 2. The molecule has 0 spiro atoms. The van der Waals surface area contributed by atoms with Crippen molar-refractivity contribution in [2.75, 3.05) is 26.0 Å². The smallest absolute Gasteiger partial charge is 0.0992 e. The van der Waals surface area contributed by atoms with Gasteiger partial charge in [0.05, 0.1) is 11.6 Å². The van der Waals surface area contributed by atoms with Crippen LogP contribution in [0.3, 0.4) is 0 Å². The van der Waals surface area contributed by atoms with E-state index in [1.165, 1.54) is 0 Å². The zero-order valence-electron chi connectivity index (χ0n) is 9.79. The van der Waals surface area contributed by atoms with Crippen molar-refractivity contribution in [2.45, 2.75) is 13.0 Å². The summed E-state index contributed by atoms with van der Waals surface area (Å²) < 4.78 is 0.922. The molecular weight excluding hydrogens is 266 g/mol. The van der Waals surface area contributed by atoms with Gasteiger partial charge in [-0.2, -0.15) is 5.26 Å². The lowest BCUT2D eigenvalue weighted by Crippen LogP contribution is -2.29. The minimum Gasteiger partial charge on any atom is -0.381 e. The Kier molecular flexibility index (Phi) is 4.78. The summed E-state index contributed by atoms with van der Waals surface area (Å²) in [5.74, 6) is 0. The second-order valence-corrected chi connectivity index (χ2v) is 5.06. The van der Waals surface area contributed by atoms with Crippen molar-refractivity contribution in [1.29, 1.82) is 5.26 Å². The number of halogens is 1. The van der Waals surface area contributed by atoms with E-state index in [0.29, 0.717) is 11.6 Å². The van der Waals surface area contributed by atoms with E-state index in [9.17, 15) is 0 Å². The van der Waals surface area contributed by atoms with Crippen molar-refractivity contribution >= 4 is 21.6 Å². The Morgan fingerprint density at radius 3 is 2.69 bits per heavy atom. The van der Waals surface area contributed by atoms with E-state index >= 15 is 0 Å². The van der Waals surface area contributed by atoms with Crippen molar-refractivity contribution in [3.63, 3.8) is 0 Å². The van der Waals surface area contributed by atoms with Crippen LogP contribution in [-0.2, 0) is 0 Å². The van der Waals surface area contributed by atoms with Crippen molar-refractivity contribution < 1.29 is 0 Å². The number of likely N-dealkylation sites (N-methyl/N-ethyl adjacent to an activating group) is 1. The van der Waals surface area contributed by atoms with Gasteiger partial charge in [0.15, 0.2) is 0 Å². The Hall–Kier alpha value is -1.05. The lowest BCUT2D eigenvalue weighted by molar-refractivity contribution is 0.392. The molecule has 1 aromatic rings. The summed E-state index contributed by atoms with van der Waals surface area (Å²) in [7, 11) is 4.08. The van der Waals surface area contributed by atoms with Crippen LogP contribution in [0.5, 0.6) is 0 Å². The molecule has 0 aromatic heterocycles. The third kappa shape index (κ3) is 4.21. The highest BCUT2D eigenvalue weighted by Crippen LogP contribution is 2.19. The van der Waals surface area contributed by atoms with Gasteiger partial charge in [-0.3, -0.25) is 0 Å². The fourth-order valence-corrected chi connectivity index (χ4v) is 2.11. The Labute approximate surface area is 105 Å². The molecule has 0 fully saturated rings. The maximum atomic E-state index is 8.86. The molecule has 3 nitrogen and oxygen atoms in total. The Morgan fingerprint density at radius 2 is 2.12 bits per heavy atom. The average molecular weight is 282 g/mol. The molecule has 1 rings (SSSR count). The summed E-state index contributed by atoms with van der Waals surface area (Å²) in [4.78, 5) is 2.13. The summed E-state index contributed by atoms with van der Waals surface area (Å²) in [5, 5.41) is 12.2. The van der Waals surface area contributed by atoms with Crippen LogP contribution < -0.4 is 5.32 Å². The first kappa shape index (κ1) is 13.0. The number of nitrogens with one attached hydrogen (secondary N) is 1. The van der Waals surface area contributed by atoms with E-state index in [-0.39, 0.29) is 0 Å². The van der Waals surface area contributed by atoms with Gasteiger partial charge in [-0.25, -0.2) is 0 Å². The van der Waals surface area contributed by atoms with Gasteiger partial charge >= 0.3 is 0 Å². The van der Waals surface area contributed by atoms with Crippen LogP contribution in [0.2, 0.25) is 0 Å². The molecule has 0 aliphatic carbocycles. The zero-order chi connectivity index (χ0) is 12.1. The number of benzene rings is 1. The molecule has 86 valence electrons. The summed E-state index contributed by atoms with van der Waals surface area (Å²) in [5.41, 5.74) is 1.63. The standard InChI is InChI=1S/C12H16BrN3/c1-9(8-16(2)3)15-12-5-10(7-14)4-11(13)6-12/h4-6,9,15H,8H2,1-3H3. The number of nitriles is 1. The van der Waals surface area contributed by atoms with Gasteiger partial charge in [0.1, 0.15) is 0 Å². The van der Waals surface area contributed by atoms with Gasteiger partial charge in [0, 0.05) is 22.7 Å². The minimum atomic E-state index is 0.343. The van der Waals surface area contributed by atoms with Crippen molar-refractivity contribution in [3.8, 4) is 6.07 Å². The Balaban J connectivity index is 2.74. The minimum absolute atomic E-state index is 0.343. The molecule has 0 aliphatic heterocycles. The van der Waals surface area contributed by atoms with Crippen molar-refractivity contribution in [1.82, 2.24) is 4.90 Å². The first-order valence-electron chi connectivity index (χ1n) is 5.13. The molecule has 0 aliphatic rings. The van der Waals surface area contributed by atoms with E-state index in [4.69, 9.17) is 5.26 Å². The maximum absolute atomic E-state index is 8.86. The van der Waals surface area contributed by atoms with Crippen molar-refractivity contribution in [2.24, 2.45) is 0 Å². The fraction of sp³-hybridized carbons (Fsp3) is 0.417. The molecule has 0 amide bonds. The van der Waals surface area contributed by atoms with Crippen LogP contribution in [0.1, 0.15) is 12.5 Å². The predicted molar refractivity (Wildman–Crippen MR) is 70.5 cm³/mol. The van der Waals surface area contributed by atoms with Gasteiger partial charge in [0.2, 0.25) is 0 Å². The Bertz CT molecular complexity index is 396. The molecule has 0 saturated heterocycles. The highest BCUT2D eigenvalue weighted by atomic mass is 79.9. The predicted octanol–water partition coefficient (Wildman–Crippen LogP) is 2.68. The molecule has 0 radical (unpaired) electrons. The van der Waals surface area contributed by atoms with Crippen LogP contribution in [-0.4, -0.2) is 31.6 Å². The summed E-state index contributed by atoms with van der Waals surface area (Å²) in [6, 6.07) is 8.13. The third-order valence-corrected chi connectivity index (χ3v) is 2.54. The number of hydrogen-bond donors (Lipinski definition) is 1. The van der Waals surface area contributed by atoms with Crippen LogP contribution in [0.4, 0.5) is 5.69 Å². The topological polar surface area (TPSA) is 39.1 Å². The SMILES string of the molecule is CC(CN(C)C)Nc1cc(Br)cc(C#N)c1. The van der Waals surface area contributed by atoms with Crippen LogP contribution in [0, 0.1) is 11.3 Å². The van der Waals surface area contributed by atoms with E-state index in [1.54, 1.807) is 0 Å². The lowest BCUT2D eigenvalue weighted by atomic mass is 10.2. The van der Waals surface area contributed by atoms with E-state index in [2.05, 4.69) is 39.1 Å². The molecule has 0 bridgehead atoms. The number of hydrogen-bond acceptors (Lipinski definition) is 3. The largest absolute Gasteiger partial charge is 0.381 e. The number of anilines is 1. The molecule has 0 saturated carbocycles. The zero-order valence-corrected chi connectivity index (χ0v) is 11.4. The van der Waals surface area contributed by atoms with Crippen molar-refractivity contribution in [3.05, 3.63) is 28.2 Å². The van der Waals surface area contributed by atoms with E-state index in [0.717, 1.165) is 16.7 Å². The van der Waals surface area contributed by atoms with Gasteiger partial charge in [0.25, 0.3) is 0 Å². The maximum Gasteiger partial charge on any atom is 0.0992 e. The molecule has 0 heterocycles. The first-order chi connectivity index (χ1) is 7.51. The van der Waals surface area contributed by atoms with E-state index in [1.807, 2.05) is 32.3 Å². The van der Waals surface area contributed by atoms with E-state index < -0.39 is 0 Å². The average Bonchev–Trinajstić information content (AvgIpc) is 2.14. The number of rotatable bonds is 4. The molecule has 1 aromatic carbocycles. The highest BCUT2D eigenvalue weighted by Gasteiger charge is 2.05. The second kappa shape index (κ2) is 5.88. The molecule has 16 heavy (non-hydrogen) atoms. The van der Waals surface area contributed by atoms with Crippen LogP contribution in [0.15, 0.2) is 22.7 Å². The second-order valence-electron chi connectivity index (χ2n) is 4.15. The Morgan fingerprint density at radius 1 is 1.44 bits per heavy atom. The van der Waals surface area contributed by atoms with Gasteiger partial charge in [-0.15, -0.1) is 0 Å². The van der Waals surface area contributed by atoms with Crippen LogP contribution >= 0.6 is 15.9 Å². The summed E-state index contributed by atoms with van der Waals surface area (Å²) in [6.07, 6.45) is 0. The first-order valence-corrected chi connectivity index (χ1v) is 5.92. The highest BCUT2D eigenvalue weighted by molar-refractivity contribution is 9.10. The monoisotopic (exact) mass is 281 g/mol. The third-order valence-electron chi connectivity index (χ3n) is 2.08. The van der Waals surface area contributed by atoms with Gasteiger partial charge in [-0.1, -0.05) is 15.9 Å². The normalized spacial score (nSPS) is 12.2.